The van der Waals surface area contributed by atoms with E-state index in [1.165, 1.54) is 44.0 Å². The number of benzene rings is 8. The summed E-state index contributed by atoms with van der Waals surface area (Å²) in [6, 6.07) is 52.2. The molecule has 274 valence electrons. The number of anilines is 2. The van der Waals surface area contributed by atoms with Gasteiger partial charge in [0.05, 0.1) is 11.2 Å². The Kier molecular flexibility index (Phi) is 6.19. The highest BCUT2D eigenvalue weighted by Gasteiger charge is 2.29. The SMILES string of the molecule is CC(C)(C)c1ccc(Nc2cc3oc4ccccc4c3cc2-c2ccc3c4cc5oc6ccccc6c5cc4n4c3c2Bc2cc3oc5ccccc5c3cc2-4)cc1. The van der Waals surface area contributed by atoms with Gasteiger partial charge in [0.25, 0.3) is 0 Å². The van der Waals surface area contributed by atoms with E-state index in [1.807, 2.05) is 18.2 Å². The first-order chi connectivity index (χ1) is 28.3. The van der Waals surface area contributed by atoms with E-state index in [9.17, 15) is 0 Å². The van der Waals surface area contributed by atoms with Crippen molar-refractivity contribution < 1.29 is 13.3 Å². The molecule has 0 fully saturated rings. The number of para-hydroxylation sites is 3. The van der Waals surface area contributed by atoms with Crippen LogP contribution in [0.5, 0.6) is 0 Å². The van der Waals surface area contributed by atoms with Gasteiger partial charge in [-0.05, 0) is 82.7 Å². The summed E-state index contributed by atoms with van der Waals surface area (Å²) in [4.78, 5) is 0. The molecule has 0 saturated carbocycles. The van der Waals surface area contributed by atoms with Crippen molar-refractivity contribution in [3.8, 4) is 16.8 Å². The second kappa shape index (κ2) is 11.2. The van der Waals surface area contributed by atoms with Gasteiger partial charge in [-0.1, -0.05) is 105 Å². The number of hydrogen-bond donors (Lipinski definition) is 1. The first-order valence-corrected chi connectivity index (χ1v) is 20.0. The van der Waals surface area contributed by atoms with Gasteiger partial charge in [0.1, 0.15) is 33.5 Å². The summed E-state index contributed by atoms with van der Waals surface area (Å²) in [7, 11) is 0.744. The zero-order chi connectivity index (χ0) is 38.4. The van der Waals surface area contributed by atoms with Gasteiger partial charge in [-0.25, -0.2) is 0 Å². The number of furan rings is 3. The number of nitrogens with zero attached hydrogens (tertiary/aromatic N) is 1. The van der Waals surface area contributed by atoms with Crippen LogP contribution in [0.3, 0.4) is 0 Å². The molecular formula is C52H35BN2O3. The van der Waals surface area contributed by atoms with Crippen molar-refractivity contribution in [1.29, 1.82) is 0 Å². The molecule has 0 saturated heterocycles. The highest BCUT2D eigenvalue weighted by molar-refractivity contribution is 6.73. The fourth-order valence-electron chi connectivity index (χ4n) is 9.72. The van der Waals surface area contributed by atoms with Gasteiger partial charge in [-0.3, -0.25) is 0 Å². The largest absolute Gasteiger partial charge is 0.456 e. The van der Waals surface area contributed by atoms with E-state index in [0.29, 0.717) is 0 Å². The molecule has 1 aliphatic heterocycles. The van der Waals surface area contributed by atoms with Gasteiger partial charge in [-0.2, -0.15) is 0 Å². The second-order valence-electron chi connectivity index (χ2n) is 17.0. The lowest BCUT2D eigenvalue weighted by molar-refractivity contribution is 0.590. The Bertz CT molecular complexity index is 3720. The minimum absolute atomic E-state index is 0.0628. The van der Waals surface area contributed by atoms with Crippen LogP contribution in [0.2, 0.25) is 0 Å². The third-order valence-electron chi connectivity index (χ3n) is 12.6. The molecule has 0 amide bonds. The number of nitrogens with one attached hydrogen (secondary N) is 1. The maximum Gasteiger partial charge on any atom is 0.198 e. The van der Waals surface area contributed by atoms with Crippen LogP contribution in [-0.2, 0) is 5.41 Å². The molecule has 1 N–H and O–H groups in total. The molecule has 0 atom stereocenters. The fraction of sp³-hybridized carbons (Fsp3) is 0.0769. The molecule has 1 aliphatic rings. The third-order valence-corrected chi connectivity index (χ3v) is 12.6. The van der Waals surface area contributed by atoms with Crippen molar-refractivity contribution in [2.75, 3.05) is 5.32 Å². The quantitative estimate of drug-likeness (QED) is 0.183. The molecule has 6 heteroatoms. The zero-order valence-corrected chi connectivity index (χ0v) is 32.2. The van der Waals surface area contributed by atoms with Crippen LogP contribution in [0.4, 0.5) is 11.4 Å². The van der Waals surface area contributed by atoms with Crippen molar-refractivity contribution in [2.45, 2.75) is 26.2 Å². The summed E-state index contributed by atoms with van der Waals surface area (Å²) in [5, 5.41) is 12.9. The molecular weight excluding hydrogens is 711 g/mol. The summed E-state index contributed by atoms with van der Waals surface area (Å²) in [6.07, 6.45) is 0. The molecule has 58 heavy (non-hydrogen) atoms. The summed E-state index contributed by atoms with van der Waals surface area (Å²) >= 11 is 0. The standard InChI is InChI=1S/C52H35BN2O3/c1-52(2,3)28-16-18-29(19-17-28)54-41-27-49-37(30-10-4-7-13-44(30)58-49)22-35(41)33-20-21-34-36-25-47-38(31-11-5-8-14-45(31)56-47)23-42(36)55-43-24-39-32-12-6-9-15-46(32)57-48(39)26-40(43)53-50(33)51(34)55/h4-27,53-54H,1-3H3. The molecule has 0 radical (unpaired) electrons. The van der Waals surface area contributed by atoms with Gasteiger partial charge in [0.2, 0.25) is 0 Å². The summed E-state index contributed by atoms with van der Waals surface area (Å²) in [5.41, 5.74) is 17.1. The molecule has 0 bridgehead atoms. The van der Waals surface area contributed by atoms with Crippen LogP contribution in [0, 0.1) is 0 Å². The molecule has 0 unspecified atom stereocenters. The van der Waals surface area contributed by atoms with E-state index in [-0.39, 0.29) is 5.41 Å². The van der Waals surface area contributed by atoms with Crippen molar-refractivity contribution in [3.63, 3.8) is 0 Å². The number of fused-ring (bicyclic) bond motifs is 14. The van der Waals surface area contributed by atoms with E-state index in [0.717, 1.165) is 95.5 Å². The van der Waals surface area contributed by atoms with E-state index in [1.54, 1.807) is 0 Å². The second-order valence-corrected chi connectivity index (χ2v) is 17.0. The Morgan fingerprint density at radius 1 is 0.483 bits per heavy atom. The van der Waals surface area contributed by atoms with Crippen molar-refractivity contribution >= 4 is 117 Å². The van der Waals surface area contributed by atoms with Crippen LogP contribution < -0.4 is 16.2 Å². The highest BCUT2D eigenvalue weighted by Crippen LogP contribution is 2.44. The van der Waals surface area contributed by atoms with Gasteiger partial charge < -0.3 is 23.1 Å². The zero-order valence-electron chi connectivity index (χ0n) is 32.2. The summed E-state index contributed by atoms with van der Waals surface area (Å²) in [5.74, 6) is 0. The lowest BCUT2D eigenvalue weighted by atomic mass is 9.59. The fourth-order valence-corrected chi connectivity index (χ4v) is 9.72. The Morgan fingerprint density at radius 2 is 1.07 bits per heavy atom. The van der Waals surface area contributed by atoms with Crippen molar-refractivity contribution in [3.05, 3.63) is 151 Å². The van der Waals surface area contributed by atoms with E-state index in [4.69, 9.17) is 13.3 Å². The van der Waals surface area contributed by atoms with Gasteiger partial charge >= 0.3 is 0 Å². The molecule has 4 aromatic heterocycles. The molecule has 12 aromatic rings. The Hall–Kier alpha value is -7.18. The van der Waals surface area contributed by atoms with Gasteiger partial charge in [-0.15, -0.1) is 0 Å². The van der Waals surface area contributed by atoms with Crippen molar-refractivity contribution in [2.24, 2.45) is 0 Å². The maximum absolute atomic E-state index is 6.51. The molecule has 5 nitrogen and oxygen atoms in total. The predicted molar refractivity (Wildman–Crippen MR) is 243 cm³/mol. The van der Waals surface area contributed by atoms with Gasteiger partial charge in [0.15, 0.2) is 7.28 Å². The summed E-state index contributed by atoms with van der Waals surface area (Å²) in [6.45, 7) is 6.75. The lowest BCUT2D eigenvalue weighted by Crippen LogP contribution is -2.37. The molecule has 5 heterocycles. The first-order valence-electron chi connectivity index (χ1n) is 20.0. The highest BCUT2D eigenvalue weighted by atomic mass is 16.3. The molecule has 13 rings (SSSR count). The molecule has 0 spiro atoms. The minimum Gasteiger partial charge on any atom is -0.456 e. The van der Waals surface area contributed by atoms with E-state index >= 15 is 0 Å². The smallest absolute Gasteiger partial charge is 0.198 e. The Balaban J connectivity index is 1.12. The minimum atomic E-state index is 0.0628. The van der Waals surface area contributed by atoms with Crippen molar-refractivity contribution in [1.82, 2.24) is 4.57 Å². The number of hydrogen-bond acceptors (Lipinski definition) is 4. The van der Waals surface area contributed by atoms with Crippen LogP contribution in [0.1, 0.15) is 26.3 Å². The van der Waals surface area contributed by atoms with Crippen LogP contribution in [0.25, 0.3) is 104 Å². The number of rotatable bonds is 3. The van der Waals surface area contributed by atoms with Crippen LogP contribution in [0.15, 0.2) is 159 Å². The maximum atomic E-state index is 6.51. The Labute approximate surface area is 333 Å². The topological polar surface area (TPSA) is 56.4 Å². The summed E-state index contributed by atoms with van der Waals surface area (Å²) < 4.78 is 22.0. The van der Waals surface area contributed by atoms with Crippen LogP contribution in [-0.4, -0.2) is 11.8 Å². The molecule has 8 aromatic carbocycles. The van der Waals surface area contributed by atoms with Gasteiger partial charge in [0, 0.05) is 71.6 Å². The van der Waals surface area contributed by atoms with E-state index < -0.39 is 0 Å². The first kappa shape index (κ1) is 32.0. The molecule has 0 aliphatic carbocycles. The lowest BCUT2D eigenvalue weighted by Gasteiger charge is -2.24. The normalized spacial score (nSPS) is 12.9. The number of aromatic nitrogens is 1. The average Bonchev–Trinajstić information content (AvgIpc) is 3.98. The Morgan fingerprint density at radius 3 is 1.72 bits per heavy atom. The monoisotopic (exact) mass is 746 g/mol. The van der Waals surface area contributed by atoms with Crippen LogP contribution >= 0.6 is 0 Å². The third kappa shape index (κ3) is 4.43. The van der Waals surface area contributed by atoms with E-state index in [2.05, 4.69) is 158 Å². The predicted octanol–water partition coefficient (Wildman–Crippen LogP) is 12.9. The average molecular weight is 747 g/mol.